The molecule has 4 nitrogen and oxygen atoms in total. The number of nitrogens with one attached hydrogen (secondary N) is 1. The molecule has 0 bridgehead atoms. The van der Waals surface area contributed by atoms with Gasteiger partial charge in [0.2, 0.25) is 5.91 Å². The maximum atomic E-state index is 12.3. The van der Waals surface area contributed by atoms with E-state index in [1.54, 1.807) is 0 Å². The quantitative estimate of drug-likeness (QED) is 0.830. The zero-order valence-corrected chi connectivity index (χ0v) is 12.2. The van der Waals surface area contributed by atoms with Gasteiger partial charge in [-0.2, -0.15) is 0 Å². The average molecular weight is 264 g/mol. The number of para-hydroxylation sites is 2. The predicted molar refractivity (Wildman–Crippen MR) is 78.3 cm³/mol. The van der Waals surface area contributed by atoms with E-state index in [1.807, 2.05) is 52.0 Å². The Hall–Kier alpha value is -1.55. The first-order chi connectivity index (χ1) is 8.92. The Morgan fingerprint density at radius 3 is 2.58 bits per heavy atom. The van der Waals surface area contributed by atoms with Crippen LogP contribution in [0, 0.1) is 5.41 Å². The normalized spacial score (nSPS) is 14.0. The van der Waals surface area contributed by atoms with Crippen molar-refractivity contribution in [2.45, 2.75) is 40.2 Å². The molecule has 0 saturated carbocycles. The second-order valence-corrected chi connectivity index (χ2v) is 5.24. The molecule has 1 rings (SSSR count). The Labute approximate surface area is 115 Å². The van der Waals surface area contributed by atoms with Gasteiger partial charge in [-0.3, -0.25) is 4.79 Å². The molecule has 0 aliphatic rings. The summed E-state index contributed by atoms with van der Waals surface area (Å²) in [5, 5.41) is 2.91. The Morgan fingerprint density at radius 1 is 1.42 bits per heavy atom. The highest BCUT2D eigenvalue weighted by atomic mass is 16.5. The highest BCUT2D eigenvalue weighted by molar-refractivity contribution is 5.96. The van der Waals surface area contributed by atoms with E-state index >= 15 is 0 Å². The molecule has 0 heterocycles. The summed E-state index contributed by atoms with van der Waals surface area (Å²) in [5.41, 5.74) is 5.84. The van der Waals surface area contributed by atoms with Crippen molar-refractivity contribution in [1.82, 2.24) is 0 Å². The maximum Gasteiger partial charge on any atom is 0.231 e. The summed E-state index contributed by atoms with van der Waals surface area (Å²) in [6.07, 6.45) is 0.757. The van der Waals surface area contributed by atoms with Gasteiger partial charge in [0.05, 0.1) is 17.2 Å². The van der Waals surface area contributed by atoms with E-state index in [0.29, 0.717) is 24.4 Å². The Kier molecular flexibility index (Phi) is 5.36. The maximum absolute atomic E-state index is 12.3. The molecule has 1 amide bonds. The van der Waals surface area contributed by atoms with E-state index in [1.165, 1.54) is 0 Å². The zero-order chi connectivity index (χ0) is 14.5. The predicted octanol–water partition coefficient (Wildman–Crippen LogP) is 2.79. The molecule has 1 aromatic carbocycles. The molecule has 19 heavy (non-hydrogen) atoms. The first-order valence-electron chi connectivity index (χ1n) is 6.70. The van der Waals surface area contributed by atoms with Gasteiger partial charge < -0.3 is 15.8 Å². The molecule has 0 spiro atoms. The summed E-state index contributed by atoms with van der Waals surface area (Å²) >= 11 is 0. The summed E-state index contributed by atoms with van der Waals surface area (Å²) < 4.78 is 5.68. The lowest BCUT2D eigenvalue weighted by Crippen LogP contribution is -2.39. The highest BCUT2D eigenvalue weighted by Crippen LogP contribution is 2.28. The van der Waals surface area contributed by atoms with Gasteiger partial charge in [0.25, 0.3) is 0 Å². The van der Waals surface area contributed by atoms with E-state index in [4.69, 9.17) is 10.5 Å². The first kappa shape index (κ1) is 15.5. The van der Waals surface area contributed by atoms with Crippen molar-refractivity contribution in [3.8, 4) is 5.75 Å². The number of hydrogen-bond acceptors (Lipinski definition) is 3. The van der Waals surface area contributed by atoms with Gasteiger partial charge in [0, 0.05) is 6.54 Å². The molecular weight excluding hydrogens is 240 g/mol. The summed E-state index contributed by atoms with van der Waals surface area (Å²) in [6, 6.07) is 7.44. The fourth-order valence-electron chi connectivity index (χ4n) is 1.60. The van der Waals surface area contributed by atoms with E-state index in [0.717, 1.165) is 0 Å². The number of benzene rings is 1. The fourth-order valence-corrected chi connectivity index (χ4v) is 1.60. The second kappa shape index (κ2) is 6.57. The molecule has 0 fully saturated rings. The van der Waals surface area contributed by atoms with Gasteiger partial charge in [0.1, 0.15) is 5.75 Å². The van der Waals surface area contributed by atoms with Crippen LogP contribution in [0.25, 0.3) is 0 Å². The molecule has 1 atom stereocenters. The van der Waals surface area contributed by atoms with Crippen LogP contribution in [0.1, 0.15) is 34.1 Å². The van der Waals surface area contributed by atoms with Crippen LogP contribution in [-0.2, 0) is 4.79 Å². The van der Waals surface area contributed by atoms with Crippen molar-refractivity contribution in [3.05, 3.63) is 24.3 Å². The molecule has 0 aromatic heterocycles. The molecular formula is C15H24N2O2. The standard InChI is InChI=1S/C15H24N2O2/c1-5-15(4,10-16)14(18)17-12-8-6-7-9-13(12)19-11(2)3/h6-9,11H,5,10,16H2,1-4H3,(H,17,18). The summed E-state index contributed by atoms with van der Waals surface area (Å²) in [6.45, 7) is 8.06. The summed E-state index contributed by atoms with van der Waals surface area (Å²) in [7, 11) is 0. The number of carbonyl (C=O) groups is 1. The van der Waals surface area contributed by atoms with Crippen LogP contribution < -0.4 is 15.8 Å². The molecule has 1 aromatic rings. The van der Waals surface area contributed by atoms with E-state index in [-0.39, 0.29) is 12.0 Å². The Balaban J connectivity index is 2.90. The van der Waals surface area contributed by atoms with Crippen LogP contribution >= 0.6 is 0 Å². The number of nitrogens with two attached hydrogens (primary N) is 1. The number of carbonyl (C=O) groups excluding carboxylic acids is 1. The van der Waals surface area contributed by atoms with Gasteiger partial charge in [-0.1, -0.05) is 19.1 Å². The smallest absolute Gasteiger partial charge is 0.231 e. The highest BCUT2D eigenvalue weighted by Gasteiger charge is 2.30. The molecule has 0 aliphatic heterocycles. The van der Waals surface area contributed by atoms with E-state index in [9.17, 15) is 4.79 Å². The van der Waals surface area contributed by atoms with E-state index < -0.39 is 5.41 Å². The summed E-state index contributed by atoms with van der Waals surface area (Å²) in [5.74, 6) is 0.610. The number of hydrogen-bond donors (Lipinski definition) is 2. The first-order valence-corrected chi connectivity index (χ1v) is 6.70. The third-order valence-electron chi connectivity index (χ3n) is 3.28. The average Bonchev–Trinajstić information content (AvgIpc) is 2.39. The lowest BCUT2D eigenvalue weighted by atomic mass is 9.86. The largest absolute Gasteiger partial charge is 0.489 e. The van der Waals surface area contributed by atoms with E-state index in [2.05, 4.69) is 5.32 Å². The zero-order valence-electron chi connectivity index (χ0n) is 12.2. The van der Waals surface area contributed by atoms with Crippen molar-refractivity contribution in [1.29, 1.82) is 0 Å². The third-order valence-corrected chi connectivity index (χ3v) is 3.28. The Bertz CT molecular complexity index is 426. The molecule has 1 unspecified atom stereocenters. The number of amides is 1. The van der Waals surface area contributed by atoms with Gasteiger partial charge in [-0.25, -0.2) is 0 Å². The SMILES string of the molecule is CCC(C)(CN)C(=O)Nc1ccccc1OC(C)C. The van der Waals surface area contributed by atoms with Gasteiger partial charge in [0.15, 0.2) is 0 Å². The molecule has 106 valence electrons. The number of rotatable bonds is 6. The number of ether oxygens (including phenoxy) is 1. The van der Waals surface area contributed by atoms with Gasteiger partial charge >= 0.3 is 0 Å². The van der Waals surface area contributed by atoms with Gasteiger partial charge in [-0.15, -0.1) is 0 Å². The minimum absolute atomic E-state index is 0.0603. The van der Waals surface area contributed by atoms with Crippen LogP contribution in [0.2, 0.25) is 0 Å². The monoisotopic (exact) mass is 264 g/mol. The van der Waals surface area contributed by atoms with Gasteiger partial charge in [-0.05, 0) is 39.3 Å². The van der Waals surface area contributed by atoms with Crippen LogP contribution in [0.5, 0.6) is 5.75 Å². The van der Waals surface area contributed by atoms with Crippen molar-refractivity contribution >= 4 is 11.6 Å². The molecule has 0 aliphatic carbocycles. The molecule has 3 N–H and O–H groups in total. The second-order valence-electron chi connectivity index (χ2n) is 5.24. The van der Waals surface area contributed by atoms with Crippen molar-refractivity contribution < 1.29 is 9.53 Å². The molecule has 0 radical (unpaired) electrons. The fraction of sp³-hybridized carbons (Fsp3) is 0.533. The summed E-state index contributed by atoms with van der Waals surface area (Å²) in [4.78, 5) is 12.3. The lowest BCUT2D eigenvalue weighted by Gasteiger charge is -2.25. The van der Waals surface area contributed by atoms with Crippen LogP contribution in [0.15, 0.2) is 24.3 Å². The molecule has 0 saturated heterocycles. The molecule has 4 heteroatoms. The van der Waals surface area contributed by atoms with Crippen molar-refractivity contribution in [2.75, 3.05) is 11.9 Å². The van der Waals surface area contributed by atoms with Crippen LogP contribution in [0.3, 0.4) is 0 Å². The number of anilines is 1. The van der Waals surface area contributed by atoms with Crippen molar-refractivity contribution in [3.63, 3.8) is 0 Å². The minimum Gasteiger partial charge on any atom is -0.489 e. The third kappa shape index (κ3) is 3.96. The van der Waals surface area contributed by atoms with Crippen molar-refractivity contribution in [2.24, 2.45) is 11.1 Å². The topological polar surface area (TPSA) is 64.4 Å². The Morgan fingerprint density at radius 2 is 2.05 bits per heavy atom. The lowest BCUT2D eigenvalue weighted by molar-refractivity contribution is -0.124. The van der Waals surface area contributed by atoms with Crippen LogP contribution in [0.4, 0.5) is 5.69 Å². The van der Waals surface area contributed by atoms with Crippen LogP contribution in [-0.4, -0.2) is 18.6 Å². The minimum atomic E-state index is -0.551.